The number of aromatic amines is 1. The maximum Gasteiger partial charge on any atom is 0.326 e. The van der Waals surface area contributed by atoms with Crippen LogP contribution in [0.3, 0.4) is 0 Å². The zero-order valence-electron chi connectivity index (χ0n) is 25.8. The Balaban J connectivity index is 1.54. The summed E-state index contributed by atoms with van der Waals surface area (Å²) in [5.41, 5.74) is 5.08. The van der Waals surface area contributed by atoms with Gasteiger partial charge in [0.25, 0.3) is 5.56 Å². The number of H-pyrrole nitrogens is 1. The Labute approximate surface area is 257 Å². The number of nitrogens with zero attached hydrogens (tertiary/aromatic N) is 2. The van der Waals surface area contributed by atoms with Crippen molar-refractivity contribution in [3.05, 3.63) is 113 Å². The monoisotopic (exact) mass is 590 g/mol. The largest absolute Gasteiger partial charge is 0.497 e. The summed E-state index contributed by atoms with van der Waals surface area (Å²) in [5.74, 6) is 1.68. The van der Waals surface area contributed by atoms with Crippen molar-refractivity contribution in [1.82, 2.24) is 9.97 Å². The molecule has 0 fully saturated rings. The fourth-order valence-corrected chi connectivity index (χ4v) is 5.21. The smallest absolute Gasteiger partial charge is 0.326 e. The van der Waals surface area contributed by atoms with Crippen molar-refractivity contribution >= 4 is 28.4 Å². The number of anilines is 2. The topological polar surface area (TPSA) is 96.5 Å². The Hall–Kier alpha value is -5.11. The van der Waals surface area contributed by atoms with Gasteiger partial charge in [-0.1, -0.05) is 58.0 Å². The molecule has 8 nitrogen and oxygen atoms in total. The molecule has 0 aliphatic carbocycles. The number of hydrogen-bond acceptors (Lipinski definition) is 5. The second-order valence-corrected chi connectivity index (χ2v) is 11.2. The number of methoxy groups -OCH3 is 1. The Morgan fingerprint density at radius 1 is 0.864 bits per heavy atom. The van der Waals surface area contributed by atoms with Gasteiger partial charge in [-0.05, 0) is 88.7 Å². The molecule has 0 saturated heterocycles. The second kappa shape index (κ2) is 13.5. The third-order valence-corrected chi connectivity index (χ3v) is 7.54. The van der Waals surface area contributed by atoms with Crippen molar-refractivity contribution in [2.75, 3.05) is 30.5 Å². The normalized spacial score (nSPS) is 11.2. The number of amides is 2. The van der Waals surface area contributed by atoms with Crippen molar-refractivity contribution < 1.29 is 14.3 Å². The number of aromatic nitrogens is 2. The first kappa shape index (κ1) is 30.4. The Kier molecular flexibility index (Phi) is 9.29. The molecule has 8 heteroatoms. The van der Waals surface area contributed by atoms with Crippen LogP contribution in [0.1, 0.15) is 50.7 Å². The molecule has 0 bridgehead atoms. The highest BCUT2D eigenvalue weighted by atomic mass is 16.5. The molecule has 2 amide bonds. The molecule has 0 unspecified atom stereocenters. The number of rotatable bonds is 10. The summed E-state index contributed by atoms with van der Waals surface area (Å²) in [7, 11) is 1.66. The molecule has 2 N–H and O–H groups in total. The van der Waals surface area contributed by atoms with Gasteiger partial charge < -0.3 is 19.8 Å². The van der Waals surface area contributed by atoms with Crippen LogP contribution in [0.2, 0.25) is 0 Å². The lowest BCUT2D eigenvalue weighted by Gasteiger charge is -2.27. The molecule has 5 aromatic rings. The van der Waals surface area contributed by atoms with Gasteiger partial charge >= 0.3 is 6.03 Å². The van der Waals surface area contributed by atoms with Gasteiger partial charge in [-0.25, -0.2) is 9.78 Å². The molecule has 2 heterocycles. The molecule has 0 saturated carbocycles. The van der Waals surface area contributed by atoms with Crippen LogP contribution in [-0.4, -0.2) is 36.3 Å². The second-order valence-electron chi connectivity index (χ2n) is 11.2. The Morgan fingerprint density at radius 2 is 1.57 bits per heavy atom. The van der Waals surface area contributed by atoms with Crippen molar-refractivity contribution in [3.63, 3.8) is 0 Å². The number of benzene rings is 3. The van der Waals surface area contributed by atoms with Crippen LogP contribution >= 0.6 is 0 Å². The van der Waals surface area contributed by atoms with E-state index in [0.29, 0.717) is 11.4 Å². The van der Waals surface area contributed by atoms with E-state index in [4.69, 9.17) is 9.47 Å². The molecule has 2 aromatic heterocycles. The number of ether oxygens (including phenoxy) is 2. The van der Waals surface area contributed by atoms with Crippen LogP contribution in [0.15, 0.2) is 95.9 Å². The average Bonchev–Trinajstić information content (AvgIpc) is 3.03. The number of carbonyl (C=O) groups excluding carboxylic acids is 1. The van der Waals surface area contributed by atoms with E-state index in [1.54, 1.807) is 25.4 Å². The minimum Gasteiger partial charge on any atom is -0.497 e. The van der Waals surface area contributed by atoms with Crippen molar-refractivity contribution in [2.45, 2.75) is 39.5 Å². The lowest BCUT2D eigenvalue weighted by molar-refractivity contribution is 0.253. The summed E-state index contributed by atoms with van der Waals surface area (Å²) in [6.07, 6.45) is 1.62. The third-order valence-electron chi connectivity index (χ3n) is 7.54. The van der Waals surface area contributed by atoms with E-state index in [0.717, 1.165) is 39.1 Å². The van der Waals surface area contributed by atoms with Crippen LogP contribution in [0.5, 0.6) is 11.5 Å². The number of nitrogens with one attached hydrogen (secondary N) is 2. The molecule has 226 valence electrons. The summed E-state index contributed by atoms with van der Waals surface area (Å²) in [4.78, 5) is 36.0. The minimum absolute atomic E-state index is 0.110. The predicted octanol–water partition coefficient (Wildman–Crippen LogP) is 7.96. The molecule has 0 aliphatic heterocycles. The summed E-state index contributed by atoms with van der Waals surface area (Å²) < 4.78 is 11.4. The summed E-state index contributed by atoms with van der Waals surface area (Å²) in [5, 5.41) is 3.92. The summed E-state index contributed by atoms with van der Waals surface area (Å²) in [6, 6.07) is 26.5. The third kappa shape index (κ3) is 6.75. The van der Waals surface area contributed by atoms with Gasteiger partial charge in [-0.15, -0.1) is 0 Å². The van der Waals surface area contributed by atoms with Gasteiger partial charge in [-0.2, -0.15) is 0 Å². The van der Waals surface area contributed by atoms with Crippen molar-refractivity contribution in [3.8, 4) is 22.6 Å². The number of para-hydroxylation sites is 1. The van der Waals surface area contributed by atoms with E-state index in [1.807, 2.05) is 54.6 Å². The SMILES string of the molecule is COc1cccc(-c2cc(C(C)C)c(NC(=O)N(CCOc3ccccc3)c3cc4cccnc4[nH]c3=O)c(C(C)C)c2)c1. The number of pyridine rings is 2. The van der Waals surface area contributed by atoms with Crippen LogP contribution in [0.25, 0.3) is 22.2 Å². The minimum atomic E-state index is -0.423. The highest BCUT2D eigenvalue weighted by Gasteiger charge is 2.24. The van der Waals surface area contributed by atoms with Gasteiger partial charge in [0, 0.05) is 17.3 Å². The van der Waals surface area contributed by atoms with Gasteiger partial charge in [-0.3, -0.25) is 9.69 Å². The highest BCUT2D eigenvalue weighted by Crippen LogP contribution is 2.38. The van der Waals surface area contributed by atoms with Crippen molar-refractivity contribution in [1.29, 1.82) is 0 Å². The molecule has 0 atom stereocenters. The average molecular weight is 591 g/mol. The van der Waals surface area contributed by atoms with Gasteiger partial charge in [0.1, 0.15) is 29.4 Å². The van der Waals surface area contributed by atoms with E-state index in [9.17, 15) is 9.59 Å². The molecule has 0 spiro atoms. The van der Waals surface area contributed by atoms with Crippen LogP contribution in [0.4, 0.5) is 16.2 Å². The number of carbonyl (C=O) groups is 1. The number of urea groups is 1. The first-order chi connectivity index (χ1) is 21.2. The molecule has 0 radical (unpaired) electrons. The number of fused-ring (bicyclic) bond motifs is 1. The molecular formula is C36H38N4O4. The quantitative estimate of drug-likeness (QED) is 0.172. The molecule has 44 heavy (non-hydrogen) atoms. The van der Waals surface area contributed by atoms with E-state index >= 15 is 0 Å². The molecule has 0 aliphatic rings. The standard InChI is InChI=1S/C36H38N4O4/c1-23(2)30-20-27(25-11-9-15-29(19-25)43-5)21-31(24(3)4)33(30)38-36(42)40(17-18-44-28-13-7-6-8-14-28)32-22-26-12-10-16-37-34(26)39-35(32)41/h6-16,19-24H,17-18H2,1-5H3,(H,38,42)(H,37,39,41). The summed E-state index contributed by atoms with van der Waals surface area (Å²) in [6.45, 7) is 8.76. The lowest BCUT2D eigenvalue weighted by atomic mass is 9.88. The van der Waals surface area contributed by atoms with Crippen molar-refractivity contribution in [2.24, 2.45) is 0 Å². The van der Waals surface area contributed by atoms with Gasteiger partial charge in [0.2, 0.25) is 0 Å². The zero-order chi connectivity index (χ0) is 31.2. The highest BCUT2D eigenvalue weighted by molar-refractivity contribution is 6.03. The maximum atomic E-state index is 14.2. The lowest BCUT2D eigenvalue weighted by Crippen LogP contribution is -2.41. The number of hydrogen-bond donors (Lipinski definition) is 2. The van der Waals surface area contributed by atoms with Crippen LogP contribution in [0, 0.1) is 0 Å². The van der Waals surface area contributed by atoms with Gasteiger partial charge in [0.05, 0.1) is 13.7 Å². The molecule has 3 aromatic carbocycles. The fourth-order valence-electron chi connectivity index (χ4n) is 5.21. The fraction of sp³-hybridized carbons (Fsp3) is 0.250. The van der Waals surface area contributed by atoms with E-state index < -0.39 is 11.6 Å². The van der Waals surface area contributed by atoms with E-state index in [2.05, 4.69) is 61.2 Å². The molecular weight excluding hydrogens is 552 g/mol. The Bertz CT molecular complexity index is 1790. The van der Waals surface area contributed by atoms with E-state index in [-0.39, 0.29) is 30.7 Å². The van der Waals surface area contributed by atoms with Crippen LogP contribution < -0.4 is 25.2 Å². The maximum absolute atomic E-state index is 14.2. The van der Waals surface area contributed by atoms with Crippen LogP contribution in [-0.2, 0) is 0 Å². The Morgan fingerprint density at radius 3 is 2.25 bits per heavy atom. The summed E-state index contributed by atoms with van der Waals surface area (Å²) >= 11 is 0. The zero-order valence-corrected chi connectivity index (χ0v) is 25.8. The van der Waals surface area contributed by atoms with E-state index in [1.165, 1.54) is 4.90 Å². The predicted molar refractivity (Wildman–Crippen MR) is 177 cm³/mol. The first-order valence-corrected chi connectivity index (χ1v) is 14.8. The van der Waals surface area contributed by atoms with Gasteiger partial charge in [0.15, 0.2) is 0 Å². The first-order valence-electron chi connectivity index (χ1n) is 14.8. The molecule has 5 rings (SSSR count).